The lowest BCUT2D eigenvalue weighted by Gasteiger charge is -2.13. The number of hydrogen-bond acceptors (Lipinski definition) is 4. The highest BCUT2D eigenvalue weighted by Crippen LogP contribution is 2.16. The number of ether oxygens (including phenoxy) is 1. The molecule has 0 aliphatic carbocycles. The van der Waals surface area contributed by atoms with Crippen molar-refractivity contribution in [2.75, 3.05) is 13.2 Å². The van der Waals surface area contributed by atoms with Crippen molar-refractivity contribution in [3.63, 3.8) is 0 Å². The zero-order chi connectivity index (χ0) is 17.6. The van der Waals surface area contributed by atoms with E-state index in [9.17, 15) is 13.2 Å². The van der Waals surface area contributed by atoms with Gasteiger partial charge in [0.15, 0.2) is 0 Å². The van der Waals surface area contributed by atoms with Crippen LogP contribution in [-0.4, -0.2) is 27.5 Å². The van der Waals surface area contributed by atoms with Crippen molar-refractivity contribution in [2.24, 2.45) is 0 Å². The van der Waals surface area contributed by atoms with Crippen molar-refractivity contribution in [1.82, 2.24) is 4.72 Å². The summed E-state index contributed by atoms with van der Waals surface area (Å²) in [6.07, 6.45) is 0. The molecule has 1 N–H and O–H groups in total. The Hall–Kier alpha value is -2.18. The minimum atomic E-state index is -3.62. The van der Waals surface area contributed by atoms with Crippen LogP contribution < -0.4 is 4.72 Å². The predicted octanol–water partition coefficient (Wildman–Crippen LogP) is 2.95. The number of benzene rings is 2. The number of carbonyl (C=O) groups excluding carboxylic acids is 1. The van der Waals surface area contributed by atoms with E-state index in [1.807, 2.05) is 37.3 Å². The summed E-state index contributed by atoms with van der Waals surface area (Å²) < 4.78 is 32.2. The van der Waals surface area contributed by atoms with Crippen molar-refractivity contribution < 1.29 is 17.9 Å². The average molecular weight is 347 g/mol. The van der Waals surface area contributed by atoms with Crippen molar-refractivity contribution in [1.29, 1.82) is 0 Å². The van der Waals surface area contributed by atoms with Crippen LogP contribution in [0.3, 0.4) is 0 Å². The minimum absolute atomic E-state index is 0.0554. The monoisotopic (exact) mass is 347 g/mol. The van der Waals surface area contributed by atoms with E-state index in [1.54, 1.807) is 6.92 Å². The van der Waals surface area contributed by atoms with Gasteiger partial charge in [-0.2, -0.15) is 0 Å². The molecule has 0 saturated heterocycles. The van der Waals surface area contributed by atoms with Crippen LogP contribution in [0.4, 0.5) is 0 Å². The zero-order valence-electron chi connectivity index (χ0n) is 13.7. The lowest BCUT2D eigenvalue weighted by Crippen LogP contribution is -2.27. The molecule has 128 valence electrons. The summed E-state index contributed by atoms with van der Waals surface area (Å²) in [5.41, 5.74) is 1.39. The van der Waals surface area contributed by atoms with Crippen molar-refractivity contribution in [3.8, 4) is 0 Å². The first-order valence-electron chi connectivity index (χ1n) is 7.76. The van der Waals surface area contributed by atoms with Gasteiger partial charge < -0.3 is 4.74 Å². The third-order valence-electron chi connectivity index (χ3n) is 3.62. The fourth-order valence-corrected chi connectivity index (χ4v) is 3.33. The van der Waals surface area contributed by atoms with Crippen LogP contribution in [0.5, 0.6) is 0 Å². The maximum Gasteiger partial charge on any atom is 0.338 e. The van der Waals surface area contributed by atoms with Gasteiger partial charge in [0.2, 0.25) is 10.0 Å². The maximum absolute atomic E-state index is 12.3. The molecule has 5 nitrogen and oxygen atoms in total. The van der Waals surface area contributed by atoms with Crippen LogP contribution in [-0.2, 0) is 14.8 Å². The first kappa shape index (κ1) is 18.2. The van der Waals surface area contributed by atoms with Crippen molar-refractivity contribution >= 4 is 16.0 Å². The van der Waals surface area contributed by atoms with E-state index >= 15 is 0 Å². The molecule has 0 aliphatic heterocycles. The second-order valence-corrected chi connectivity index (χ2v) is 7.18. The molecule has 0 aromatic heterocycles. The Kier molecular flexibility index (Phi) is 6.11. The molecule has 0 spiro atoms. The molecule has 0 radical (unpaired) electrons. The lowest BCUT2D eigenvalue weighted by atomic mass is 10.0. The summed E-state index contributed by atoms with van der Waals surface area (Å²) in [7, 11) is -3.62. The lowest BCUT2D eigenvalue weighted by molar-refractivity contribution is 0.0526. The topological polar surface area (TPSA) is 72.5 Å². The third-order valence-corrected chi connectivity index (χ3v) is 5.06. The van der Waals surface area contributed by atoms with E-state index in [4.69, 9.17) is 4.74 Å². The summed E-state index contributed by atoms with van der Waals surface area (Å²) in [5.74, 6) is -0.410. The van der Waals surface area contributed by atoms with E-state index in [0.717, 1.165) is 5.56 Å². The van der Waals surface area contributed by atoms with E-state index in [-0.39, 0.29) is 17.4 Å². The van der Waals surface area contributed by atoms with Crippen molar-refractivity contribution in [3.05, 3.63) is 65.7 Å². The molecule has 2 aromatic carbocycles. The molecule has 1 atom stereocenters. The van der Waals surface area contributed by atoms with Gasteiger partial charge in [0.05, 0.1) is 17.1 Å². The van der Waals surface area contributed by atoms with E-state index in [2.05, 4.69) is 4.72 Å². The Balaban J connectivity index is 2.03. The first-order chi connectivity index (χ1) is 11.4. The molecule has 0 bridgehead atoms. The smallest absolute Gasteiger partial charge is 0.338 e. The summed E-state index contributed by atoms with van der Waals surface area (Å²) in [6, 6.07) is 15.4. The highest BCUT2D eigenvalue weighted by atomic mass is 32.2. The molecule has 2 aromatic rings. The number of esters is 1. The van der Waals surface area contributed by atoms with Crippen LogP contribution in [0.2, 0.25) is 0 Å². The van der Waals surface area contributed by atoms with Gasteiger partial charge in [0.25, 0.3) is 0 Å². The van der Waals surface area contributed by atoms with Crippen LogP contribution in [0.25, 0.3) is 0 Å². The van der Waals surface area contributed by atoms with E-state index in [1.165, 1.54) is 24.3 Å². The number of carbonyl (C=O) groups is 1. The second-order valence-electron chi connectivity index (χ2n) is 5.41. The van der Waals surface area contributed by atoms with E-state index in [0.29, 0.717) is 12.1 Å². The normalized spacial score (nSPS) is 12.6. The van der Waals surface area contributed by atoms with Gasteiger partial charge in [-0.1, -0.05) is 37.3 Å². The average Bonchev–Trinajstić information content (AvgIpc) is 2.61. The molecule has 0 unspecified atom stereocenters. The van der Waals surface area contributed by atoms with E-state index < -0.39 is 16.0 Å². The highest BCUT2D eigenvalue weighted by molar-refractivity contribution is 7.89. The quantitative estimate of drug-likeness (QED) is 0.782. The zero-order valence-corrected chi connectivity index (χ0v) is 14.5. The first-order valence-corrected chi connectivity index (χ1v) is 9.24. The highest BCUT2D eigenvalue weighted by Gasteiger charge is 2.17. The molecule has 0 aliphatic rings. The molecule has 0 amide bonds. The summed E-state index contributed by atoms with van der Waals surface area (Å²) in [4.78, 5) is 11.7. The van der Waals surface area contributed by atoms with Gasteiger partial charge in [-0.25, -0.2) is 17.9 Å². The predicted molar refractivity (Wildman–Crippen MR) is 92.4 cm³/mol. The Morgan fingerprint density at radius 3 is 2.29 bits per heavy atom. The molecule has 0 heterocycles. The molecule has 0 fully saturated rings. The fourth-order valence-electron chi connectivity index (χ4n) is 2.20. The number of nitrogens with one attached hydrogen (secondary N) is 1. The Morgan fingerprint density at radius 1 is 1.08 bits per heavy atom. The number of rotatable bonds is 7. The summed E-state index contributed by atoms with van der Waals surface area (Å²) in [5, 5.41) is 0. The Bertz CT molecular complexity index is 770. The Morgan fingerprint density at radius 2 is 1.71 bits per heavy atom. The van der Waals surface area contributed by atoms with Gasteiger partial charge in [0, 0.05) is 6.54 Å². The molecular formula is C18H21NO4S. The van der Waals surface area contributed by atoms with Crippen LogP contribution in [0.15, 0.2) is 59.5 Å². The van der Waals surface area contributed by atoms with Crippen LogP contribution >= 0.6 is 0 Å². The third kappa shape index (κ3) is 4.66. The summed E-state index contributed by atoms with van der Waals surface area (Å²) in [6.45, 7) is 4.25. The van der Waals surface area contributed by atoms with Gasteiger partial charge in [-0.15, -0.1) is 0 Å². The molecular weight excluding hydrogens is 326 g/mol. The fraction of sp³-hybridized carbons (Fsp3) is 0.278. The maximum atomic E-state index is 12.3. The van der Waals surface area contributed by atoms with Crippen LogP contribution in [0, 0.1) is 0 Å². The largest absolute Gasteiger partial charge is 0.462 e. The van der Waals surface area contributed by atoms with Gasteiger partial charge in [-0.05, 0) is 42.7 Å². The Labute approximate surface area is 142 Å². The second kappa shape index (κ2) is 8.08. The summed E-state index contributed by atoms with van der Waals surface area (Å²) >= 11 is 0. The van der Waals surface area contributed by atoms with Crippen molar-refractivity contribution in [2.45, 2.75) is 24.7 Å². The molecule has 6 heteroatoms. The minimum Gasteiger partial charge on any atom is -0.462 e. The van der Waals surface area contributed by atoms with Gasteiger partial charge in [-0.3, -0.25) is 0 Å². The standard InChI is InChI=1S/C18H21NO4S/c1-3-23-18(20)16-9-11-17(12-10-16)24(21,22)19-13-14(2)15-7-5-4-6-8-15/h4-12,14,19H,3,13H2,1-2H3/t14-/m0/s1. The van der Waals surface area contributed by atoms with Crippen LogP contribution in [0.1, 0.15) is 35.7 Å². The number of sulfonamides is 1. The molecule has 24 heavy (non-hydrogen) atoms. The molecule has 2 rings (SSSR count). The molecule has 0 saturated carbocycles. The van der Waals surface area contributed by atoms with Gasteiger partial charge >= 0.3 is 5.97 Å². The SMILES string of the molecule is CCOC(=O)c1ccc(S(=O)(=O)NC[C@H](C)c2ccccc2)cc1. The van der Waals surface area contributed by atoms with Gasteiger partial charge in [0.1, 0.15) is 0 Å². The number of hydrogen-bond donors (Lipinski definition) is 1.